The minimum absolute atomic E-state index is 0.191. The number of rotatable bonds is 4. The van der Waals surface area contributed by atoms with E-state index < -0.39 is 0 Å². The van der Waals surface area contributed by atoms with Crippen molar-refractivity contribution >= 4 is 34.6 Å². The topological polar surface area (TPSA) is 54.0 Å². The Morgan fingerprint density at radius 2 is 1.67 bits per heavy atom. The molecule has 24 heavy (non-hydrogen) atoms. The highest BCUT2D eigenvalue weighted by atomic mass is 35.5. The summed E-state index contributed by atoms with van der Waals surface area (Å²) < 4.78 is 0. The number of nitrogens with zero attached hydrogens (tertiary/aromatic N) is 1. The van der Waals surface area contributed by atoms with Crippen LogP contribution >= 0.6 is 11.6 Å². The molecule has 0 saturated carbocycles. The first kappa shape index (κ1) is 16.0. The highest BCUT2D eigenvalue weighted by Crippen LogP contribution is 2.28. The summed E-state index contributed by atoms with van der Waals surface area (Å²) in [5.41, 5.74) is 3.77. The zero-order valence-corrected chi connectivity index (χ0v) is 13.8. The normalized spacial score (nSPS) is 10.2. The van der Waals surface area contributed by atoms with Crippen LogP contribution in [-0.2, 0) is 0 Å². The van der Waals surface area contributed by atoms with Crippen molar-refractivity contribution < 1.29 is 4.79 Å². The van der Waals surface area contributed by atoms with Gasteiger partial charge in [0.25, 0.3) is 5.91 Å². The van der Waals surface area contributed by atoms with Crippen LogP contribution in [0.5, 0.6) is 0 Å². The summed E-state index contributed by atoms with van der Waals surface area (Å²) in [7, 11) is 0. The molecule has 3 rings (SSSR count). The lowest BCUT2D eigenvalue weighted by atomic mass is 10.1. The number of aromatic nitrogens is 1. The number of anilines is 3. The summed E-state index contributed by atoms with van der Waals surface area (Å²) in [6.45, 7) is 1.93. The molecule has 0 spiro atoms. The molecule has 1 heterocycles. The van der Waals surface area contributed by atoms with Gasteiger partial charge in [-0.15, -0.1) is 0 Å². The molecule has 3 aromatic rings. The van der Waals surface area contributed by atoms with Crippen molar-refractivity contribution in [2.24, 2.45) is 0 Å². The fraction of sp³-hybridized carbons (Fsp3) is 0.0526. The van der Waals surface area contributed by atoms with Gasteiger partial charge in [0.1, 0.15) is 0 Å². The fourth-order valence-corrected chi connectivity index (χ4v) is 2.49. The number of hydrogen-bond donors (Lipinski definition) is 2. The van der Waals surface area contributed by atoms with Gasteiger partial charge in [-0.05, 0) is 48.9 Å². The lowest BCUT2D eigenvalue weighted by Gasteiger charge is -2.14. The Morgan fingerprint density at radius 1 is 0.958 bits per heavy atom. The lowest BCUT2D eigenvalue weighted by Crippen LogP contribution is -2.14. The molecule has 0 saturated heterocycles. The van der Waals surface area contributed by atoms with Crippen LogP contribution in [0.2, 0.25) is 5.02 Å². The van der Waals surface area contributed by atoms with Crippen molar-refractivity contribution in [3.8, 4) is 0 Å². The van der Waals surface area contributed by atoms with E-state index in [-0.39, 0.29) is 5.91 Å². The van der Waals surface area contributed by atoms with Crippen LogP contribution in [0.1, 0.15) is 15.9 Å². The molecule has 1 amide bonds. The summed E-state index contributed by atoms with van der Waals surface area (Å²) in [5.74, 6) is -0.191. The molecule has 0 aliphatic carbocycles. The summed E-state index contributed by atoms with van der Waals surface area (Å²) in [5, 5.41) is 6.84. The largest absolute Gasteiger partial charge is 0.355 e. The zero-order valence-electron chi connectivity index (χ0n) is 13.1. The zero-order chi connectivity index (χ0) is 16.9. The standard InChI is InChI=1S/C19H16ClN3O/c1-13-16(20)6-4-8-17(13)23-18-7-3-2-5-15(18)19(24)22-14-9-11-21-12-10-14/h2-12,23H,1H3,(H,21,22,24). The Kier molecular flexibility index (Phi) is 4.77. The fourth-order valence-electron chi connectivity index (χ4n) is 2.31. The molecule has 0 atom stereocenters. The number of amides is 1. The molecule has 1 aromatic heterocycles. The molecule has 0 aliphatic rings. The smallest absolute Gasteiger partial charge is 0.257 e. The molecule has 0 unspecified atom stereocenters. The number of nitrogens with one attached hydrogen (secondary N) is 2. The van der Waals surface area contributed by atoms with Crippen LogP contribution in [0.3, 0.4) is 0 Å². The first-order valence-electron chi connectivity index (χ1n) is 7.47. The van der Waals surface area contributed by atoms with Crippen molar-refractivity contribution in [2.45, 2.75) is 6.92 Å². The monoisotopic (exact) mass is 337 g/mol. The highest BCUT2D eigenvalue weighted by Gasteiger charge is 2.12. The predicted octanol–water partition coefficient (Wildman–Crippen LogP) is 5.04. The number of halogens is 1. The number of benzene rings is 2. The molecule has 0 fully saturated rings. The van der Waals surface area contributed by atoms with E-state index in [1.54, 1.807) is 30.6 Å². The van der Waals surface area contributed by atoms with Gasteiger partial charge in [-0.25, -0.2) is 0 Å². The van der Waals surface area contributed by atoms with Crippen molar-refractivity contribution in [3.05, 3.63) is 83.1 Å². The minimum Gasteiger partial charge on any atom is -0.355 e. The highest BCUT2D eigenvalue weighted by molar-refractivity contribution is 6.31. The maximum atomic E-state index is 12.6. The summed E-state index contributed by atoms with van der Waals surface area (Å²) >= 11 is 6.16. The predicted molar refractivity (Wildman–Crippen MR) is 98.1 cm³/mol. The maximum absolute atomic E-state index is 12.6. The molecular formula is C19H16ClN3O. The van der Waals surface area contributed by atoms with E-state index in [1.807, 2.05) is 43.3 Å². The van der Waals surface area contributed by atoms with Gasteiger partial charge in [-0.2, -0.15) is 0 Å². The van der Waals surface area contributed by atoms with Crippen molar-refractivity contribution in [1.82, 2.24) is 4.98 Å². The van der Waals surface area contributed by atoms with Crippen LogP contribution in [0.15, 0.2) is 67.0 Å². The quantitative estimate of drug-likeness (QED) is 0.701. The molecular weight excluding hydrogens is 322 g/mol. The number of pyridine rings is 1. The van der Waals surface area contributed by atoms with E-state index in [2.05, 4.69) is 15.6 Å². The van der Waals surface area contributed by atoms with Gasteiger partial charge in [-0.3, -0.25) is 9.78 Å². The molecule has 0 radical (unpaired) electrons. The van der Waals surface area contributed by atoms with Gasteiger partial charge in [0.2, 0.25) is 0 Å². The van der Waals surface area contributed by atoms with Crippen LogP contribution in [-0.4, -0.2) is 10.9 Å². The summed E-state index contributed by atoms with van der Waals surface area (Å²) in [4.78, 5) is 16.5. The number of carbonyl (C=O) groups excluding carboxylic acids is 1. The van der Waals surface area contributed by atoms with Gasteiger partial charge in [0, 0.05) is 28.8 Å². The molecule has 5 heteroatoms. The van der Waals surface area contributed by atoms with E-state index in [9.17, 15) is 4.79 Å². The number of hydrogen-bond acceptors (Lipinski definition) is 3. The number of carbonyl (C=O) groups is 1. The number of para-hydroxylation sites is 1. The van der Waals surface area contributed by atoms with Crippen molar-refractivity contribution in [3.63, 3.8) is 0 Å². The van der Waals surface area contributed by atoms with E-state index in [1.165, 1.54) is 0 Å². The van der Waals surface area contributed by atoms with Crippen LogP contribution < -0.4 is 10.6 Å². The van der Waals surface area contributed by atoms with Crippen LogP contribution in [0, 0.1) is 6.92 Å². The second-order valence-corrected chi connectivity index (χ2v) is 5.68. The minimum atomic E-state index is -0.191. The molecule has 4 nitrogen and oxygen atoms in total. The third-order valence-corrected chi connectivity index (χ3v) is 4.06. The third-order valence-electron chi connectivity index (χ3n) is 3.65. The average molecular weight is 338 g/mol. The average Bonchev–Trinajstić information content (AvgIpc) is 2.60. The van der Waals surface area contributed by atoms with E-state index in [0.717, 1.165) is 16.9 Å². The van der Waals surface area contributed by atoms with Crippen LogP contribution in [0.4, 0.5) is 17.1 Å². The lowest BCUT2D eigenvalue weighted by molar-refractivity contribution is 0.102. The van der Waals surface area contributed by atoms with E-state index >= 15 is 0 Å². The Balaban J connectivity index is 1.88. The SMILES string of the molecule is Cc1c(Cl)cccc1Nc1ccccc1C(=O)Nc1ccncc1. The van der Waals surface area contributed by atoms with Gasteiger partial charge in [0.05, 0.1) is 11.3 Å². The second-order valence-electron chi connectivity index (χ2n) is 5.27. The first-order chi connectivity index (χ1) is 11.6. The molecule has 0 bridgehead atoms. The van der Waals surface area contributed by atoms with Gasteiger partial charge >= 0.3 is 0 Å². The van der Waals surface area contributed by atoms with Gasteiger partial charge in [0.15, 0.2) is 0 Å². The van der Waals surface area contributed by atoms with Crippen LogP contribution in [0.25, 0.3) is 0 Å². The van der Waals surface area contributed by atoms with E-state index in [0.29, 0.717) is 16.3 Å². The van der Waals surface area contributed by atoms with Gasteiger partial charge < -0.3 is 10.6 Å². The summed E-state index contributed by atoms with van der Waals surface area (Å²) in [6.07, 6.45) is 3.27. The Labute approximate surface area is 145 Å². The maximum Gasteiger partial charge on any atom is 0.257 e. The van der Waals surface area contributed by atoms with Crippen molar-refractivity contribution in [2.75, 3.05) is 10.6 Å². The Bertz CT molecular complexity index is 865. The van der Waals surface area contributed by atoms with Gasteiger partial charge in [-0.1, -0.05) is 29.8 Å². The Hall–Kier alpha value is -2.85. The molecule has 120 valence electrons. The third kappa shape index (κ3) is 3.55. The Morgan fingerprint density at radius 3 is 2.46 bits per heavy atom. The van der Waals surface area contributed by atoms with Crippen molar-refractivity contribution in [1.29, 1.82) is 0 Å². The second kappa shape index (κ2) is 7.15. The van der Waals surface area contributed by atoms with E-state index in [4.69, 9.17) is 11.6 Å². The molecule has 2 aromatic carbocycles. The molecule has 2 N–H and O–H groups in total. The summed E-state index contributed by atoms with van der Waals surface area (Å²) in [6, 6.07) is 16.5. The first-order valence-corrected chi connectivity index (χ1v) is 7.85. The molecule has 0 aliphatic heterocycles.